The zero-order chi connectivity index (χ0) is 20.4. The Balaban J connectivity index is 2.26. The van der Waals surface area contributed by atoms with Crippen LogP contribution in [0.5, 0.6) is 0 Å². The predicted octanol–water partition coefficient (Wildman–Crippen LogP) is 2.19. The number of carboxylic acid groups (broad SMARTS) is 1. The van der Waals surface area contributed by atoms with E-state index in [1.165, 1.54) is 28.6 Å². The molecule has 3 atom stereocenters. The van der Waals surface area contributed by atoms with E-state index in [1.807, 2.05) is 13.8 Å². The van der Waals surface area contributed by atoms with E-state index >= 15 is 0 Å². The van der Waals surface area contributed by atoms with Crippen LogP contribution < -0.4 is 5.32 Å². The number of amides is 1. The van der Waals surface area contributed by atoms with E-state index in [4.69, 9.17) is 0 Å². The third-order valence-electron chi connectivity index (χ3n) is 4.79. The second-order valence-electron chi connectivity index (χ2n) is 7.83. The largest absolute Gasteiger partial charge is 0.480 e. The maximum absolute atomic E-state index is 13.0. The highest BCUT2D eigenvalue weighted by Gasteiger charge is 2.32. The molecule has 3 unspecified atom stereocenters. The van der Waals surface area contributed by atoms with Gasteiger partial charge in [-0.05, 0) is 42.4 Å². The summed E-state index contributed by atoms with van der Waals surface area (Å²) in [4.78, 5) is 23.8. The Kier molecular flexibility index (Phi) is 6.64. The van der Waals surface area contributed by atoms with E-state index in [0.717, 1.165) is 6.42 Å². The SMILES string of the molecule is CC1CC(C)CN(S(=O)(=O)c2cccc(C(=O)NC(C(=O)O)C(C)C)c2)C1. The van der Waals surface area contributed by atoms with Gasteiger partial charge in [-0.1, -0.05) is 33.8 Å². The number of nitrogens with zero attached hydrogens (tertiary/aromatic N) is 1. The van der Waals surface area contributed by atoms with Crippen LogP contribution in [0, 0.1) is 17.8 Å². The highest BCUT2D eigenvalue weighted by atomic mass is 32.2. The fourth-order valence-corrected chi connectivity index (χ4v) is 5.21. The van der Waals surface area contributed by atoms with Gasteiger partial charge in [-0.15, -0.1) is 0 Å². The van der Waals surface area contributed by atoms with Crippen LogP contribution in [0.3, 0.4) is 0 Å². The highest BCUT2D eigenvalue weighted by molar-refractivity contribution is 7.89. The Labute approximate surface area is 160 Å². The molecule has 0 aliphatic carbocycles. The highest BCUT2D eigenvalue weighted by Crippen LogP contribution is 2.27. The fourth-order valence-electron chi connectivity index (χ4n) is 3.49. The number of carbonyl (C=O) groups is 2. The molecule has 8 heteroatoms. The lowest BCUT2D eigenvalue weighted by Crippen LogP contribution is -2.44. The van der Waals surface area contributed by atoms with Gasteiger partial charge in [-0.25, -0.2) is 13.2 Å². The van der Waals surface area contributed by atoms with Gasteiger partial charge in [0.05, 0.1) is 4.90 Å². The molecule has 7 nitrogen and oxygen atoms in total. The number of benzene rings is 1. The molecular formula is C19H28N2O5S. The zero-order valence-corrected chi connectivity index (χ0v) is 17.0. The molecule has 27 heavy (non-hydrogen) atoms. The lowest BCUT2D eigenvalue weighted by molar-refractivity contribution is -0.140. The predicted molar refractivity (Wildman–Crippen MR) is 102 cm³/mol. The molecule has 1 amide bonds. The van der Waals surface area contributed by atoms with E-state index in [1.54, 1.807) is 13.8 Å². The van der Waals surface area contributed by atoms with Crippen molar-refractivity contribution >= 4 is 21.9 Å². The van der Waals surface area contributed by atoms with Gasteiger partial charge in [0.15, 0.2) is 0 Å². The molecule has 0 radical (unpaired) electrons. The summed E-state index contributed by atoms with van der Waals surface area (Å²) < 4.78 is 27.5. The molecule has 1 fully saturated rings. The van der Waals surface area contributed by atoms with Crippen molar-refractivity contribution in [3.05, 3.63) is 29.8 Å². The Bertz CT molecular complexity index is 796. The van der Waals surface area contributed by atoms with E-state index in [2.05, 4.69) is 5.32 Å². The normalized spacial score (nSPS) is 22.4. The van der Waals surface area contributed by atoms with Crippen LogP contribution in [0.1, 0.15) is 44.5 Å². The molecule has 1 heterocycles. The summed E-state index contributed by atoms with van der Waals surface area (Å²) in [5.74, 6) is -1.48. The van der Waals surface area contributed by atoms with Crippen LogP contribution >= 0.6 is 0 Å². The Morgan fingerprint density at radius 1 is 1.19 bits per heavy atom. The smallest absolute Gasteiger partial charge is 0.326 e. The van der Waals surface area contributed by atoms with Crippen molar-refractivity contribution in [1.29, 1.82) is 0 Å². The van der Waals surface area contributed by atoms with Crippen molar-refractivity contribution < 1.29 is 23.1 Å². The van der Waals surface area contributed by atoms with Crippen molar-refractivity contribution in [3.8, 4) is 0 Å². The third-order valence-corrected chi connectivity index (χ3v) is 6.62. The van der Waals surface area contributed by atoms with E-state index in [9.17, 15) is 23.1 Å². The summed E-state index contributed by atoms with van der Waals surface area (Å²) in [5.41, 5.74) is 0.126. The van der Waals surface area contributed by atoms with Crippen LogP contribution in [-0.4, -0.2) is 48.8 Å². The molecule has 2 N–H and O–H groups in total. The third kappa shape index (κ3) is 5.07. The van der Waals surface area contributed by atoms with E-state index in [0.29, 0.717) is 13.1 Å². The Morgan fingerprint density at radius 2 is 1.78 bits per heavy atom. The summed E-state index contributed by atoms with van der Waals surface area (Å²) in [6.07, 6.45) is 0.986. The number of nitrogens with one attached hydrogen (secondary N) is 1. The van der Waals surface area contributed by atoms with Gasteiger partial charge in [0.1, 0.15) is 6.04 Å². The summed E-state index contributed by atoms with van der Waals surface area (Å²) in [7, 11) is -3.71. The van der Waals surface area contributed by atoms with Gasteiger partial charge >= 0.3 is 5.97 Å². The first-order valence-electron chi connectivity index (χ1n) is 9.16. The number of sulfonamides is 1. The summed E-state index contributed by atoms with van der Waals surface area (Å²) in [6, 6.07) is 4.72. The van der Waals surface area contributed by atoms with Crippen LogP contribution in [0.2, 0.25) is 0 Å². The van der Waals surface area contributed by atoms with Gasteiger partial charge in [0, 0.05) is 18.7 Å². The molecule has 0 saturated carbocycles. The molecule has 0 bridgehead atoms. The van der Waals surface area contributed by atoms with Gasteiger partial charge in [-0.3, -0.25) is 4.79 Å². The summed E-state index contributed by atoms with van der Waals surface area (Å²) in [5, 5.41) is 11.7. The van der Waals surface area contributed by atoms with E-state index in [-0.39, 0.29) is 28.2 Å². The molecule has 150 valence electrons. The van der Waals surface area contributed by atoms with Crippen molar-refractivity contribution in [2.75, 3.05) is 13.1 Å². The molecular weight excluding hydrogens is 368 g/mol. The molecule has 1 saturated heterocycles. The number of rotatable bonds is 6. The minimum Gasteiger partial charge on any atom is -0.480 e. The summed E-state index contributed by atoms with van der Waals surface area (Å²) in [6.45, 7) is 8.35. The zero-order valence-electron chi connectivity index (χ0n) is 16.2. The molecule has 1 aliphatic rings. The Hall–Kier alpha value is -1.93. The van der Waals surface area contributed by atoms with Crippen molar-refractivity contribution in [1.82, 2.24) is 9.62 Å². The van der Waals surface area contributed by atoms with Gasteiger partial charge in [0.25, 0.3) is 5.91 Å². The second kappa shape index (κ2) is 8.39. The Morgan fingerprint density at radius 3 is 2.30 bits per heavy atom. The lowest BCUT2D eigenvalue weighted by Gasteiger charge is -2.34. The quantitative estimate of drug-likeness (QED) is 0.767. The van der Waals surface area contributed by atoms with Gasteiger partial charge in [-0.2, -0.15) is 4.31 Å². The molecule has 2 rings (SSSR count). The fraction of sp³-hybridized carbons (Fsp3) is 0.579. The number of carboxylic acids is 1. The molecule has 0 aromatic heterocycles. The monoisotopic (exact) mass is 396 g/mol. The number of aliphatic carboxylic acids is 1. The standard InChI is InChI=1S/C19H28N2O5S/c1-12(2)17(19(23)24)20-18(22)15-6-5-7-16(9-15)27(25,26)21-10-13(3)8-14(4)11-21/h5-7,9,12-14,17H,8,10-11H2,1-4H3,(H,20,22)(H,23,24). The van der Waals surface area contributed by atoms with Crippen molar-refractivity contribution in [3.63, 3.8) is 0 Å². The topological polar surface area (TPSA) is 104 Å². The number of piperidine rings is 1. The number of hydrogen-bond donors (Lipinski definition) is 2. The second-order valence-corrected chi connectivity index (χ2v) is 9.77. The first-order valence-corrected chi connectivity index (χ1v) is 10.6. The first-order chi connectivity index (χ1) is 12.5. The average molecular weight is 397 g/mol. The molecule has 1 aliphatic heterocycles. The number of carbonyl (C=O) groups excluding carboxylic acids is 1. The van der Waals surface area contributed by atoms with E-state index < -0.39 is 27.9 Å². The number of hydrogen-bond acceptors (Lipinski definition) is 4. The summed E-state index contributed by atoms with van der Waals surface area (Å²) >= 11 is 0. The van der Waals surface area contributed by atoms with Crippen molar-refractivity contribution in [2.24, 2.45) is 17.8 Å². The van der Waals surface area contributed by atoms with Crippen molar-refractivity contribution in [2.45, 2.75) is 45.1 Å². The van der Waals surface area contributed by atoms with Crippen LogP contribution in [-0.2, 0) is 14.8 Å². The van der Waals surface area contributed by atoms with Gasteiger partial charge < -0.3 is 10.4 Å². The molecule has 1 aromatic rings. The molecule has 0 spiro atoms. The lowest BCUT2D eigenvalue weighted by atomic mass is 9.94. The van der Waals surface area contributed by atoms with Crippen LogP contribution in [0.4, 0.5) is 0 Å². The van der Waals surface area contributed by atoms with Crippen LogP contribution in [0.25, 0.3) is 0 Å². The molecule has 1 aromatic carbocycles. The average Bonchev–Trinajstić information content (AvgIpc) is 2.58. The minimum absolute atomic E-state index is 0.0490. The minimum atomic E-state index is -3.71. The maximum Gasteiger partial charge on any atom is 0.326 e. The van der Waals surface area contributed by atoms with Gasteiger partial charge in [0.2, 0.25) is 10.0 Å². The maximum atomic E-state index is 13.0. The first kappa shape index (κ1) is 21.4. The van der Waals surface area contributed by atoms with Crippen LogP contribution in [0.15, 0.2) is 29.2 Å².